The molecule has 3 rings (SSSR count). The topological polar surface area (TPSA) is 98.5 Å². The maximum absolute atomic E-state index is 11.7. The summed E-state index contributed by atoms with van der Waals surface area (Å²) in [6.07, 6.45) is 0. The van der Waals surface area contributed by atoms with Gasteiger partial charge in [0.15, 0.2) is 28.8 Å². The lowest BCUT2D eigenvalue weighted by Crippen LogP contribution is -2.16. The summed E-state index contributed by atoms with van der Waals surface area (Å²) in [7, 11) is 0. The first-order valence-corrected chi connectivity index (χ1v) is 10.7. The van der Waals surface area contributed by atoms with E-state index in [1.807, 2.05) is 0 Å². The summed E-state index contributed by atoms with van der Waals surface area (Å²) in [6, 6.07) is 10.4. The number of thiocarbonyl (C=S) groups is 1. The quantitative estimate of drug-likeness (QED) is 0.535. The van der Waals surface area contributed by atoms with Crippen molar-refractivity contribution in [3.8, 4) is 23.0 Å². The van der Waals surface area contributed by atoms with Crippen LogP contribution in [0.3, 0.4) is 0 Å². The Hall–Kier alpha value is -2.88. The van der Waals surface area contributed by atoms with E-state index >= 15 is 0 Å². The summed E-state index contributed by atoms with van der Waals surface area (Å²) < 4.78 is 34.4. The van der Waals surface area contributed by atoms with Crippen LogP contribution < -0.4 is 24.7 Å². The van der Waals surface area contributed by atoms with Gasteiger partial charge >= 0.3 is 0 Å². The Labute approximate surface area is 192 Å². The van der Waals surface area contributed by atoms with E-state index in [0.29, 0.717) is 87.0 Å². The van der Waals surface area contributed by atoms with Gasteiger partial charge in [0.1, 0.15) is 31.4 Å². The lowest BCUT2D eigenvalue weighted by Gasteiger charge is -2.16. The molecule has 1 heterocycles. The van der Waals surface area contributed by atoms with Crippen LogP contribution in [0.2, 0.25) is 0 Å². The van der Waals surface area contributed by atoms with Crippen molar-refractivity contribution in [3.05, 3.63) is 47.5 Å². The fourth-order valence-electron chi connectivity index (χ4n) is 2.90. The molecular weight excluding hydrogens is 434 g/mol. The van der Waals surface area contributed by atoms with Crippen LogP contribution in [0.1, 0.15) is 22.8 Å². The maximum atomic E-state index is 11.7. The molecule has 0 spiro atoms. The first-order valence-electron chi connectivity index (χ1n) is 10.3. The molecule has 0 saturated carbocycles. The molecule has 2 aromatic rings. The molecule has 0 fully saturated rings. The largest absolute Gasteiger partial charge is 0.487 e. The Kier molecular flexibility index (Phi) is 9.09. The third-order valence-electron chi connectivity index (χ3n) is 4.52. The van der Waals surface area contributed by atoms with E-state index in [9.17, 15) is 4.79 Å². The summed E-state index contributed by atoms with van der Waals surface area (Å²) in [5, 5.41) is 0. The fraction of sp³-hybridized carbons (Fsp3) is 0.391. The summed E-state index contributed by atoms with van der Waals surface area (Å²) in [6.45, 7) is 4.18. The van der Waals surface area contributed by atoms with Crippen LogP contribution in [0.4, 0.5) is 0 Å². The number of carbonyl (C=O) groups excluding carboxylic acids is 1. The van der Waals surface area contributed by atoms with Gasteiger partial charge in [0.25, 0.3) is 0 Å². The fourth-order valence-corrected chi connectivity index (χ4v) is 3.03. The SMILES string of the molecule is CC(=O)c1ccc2c(c1)OCCOCCOc1ccc(C(N)=S)cc1OCCOCCO2. The molecule has 0 bridgehead atoms. The predicted molar refractivity (Wildman–Crippen MR) is 122 cm³/mol. The molecule has 2 N–H and O–H groups in total. The van der Waals surface area contributed by atoms with Crippen LogP contribution in [-0.2, 0) is 9.47 Å². The Morgan fingerprint density at radius 2 is 1.09 bits per heavy atom. The lowest BCUT2D eigenvalue weighted by molar-refractivity contribution is 0.0640. The predicted octanol–water partition coefficient (Wildman–Crippen LogP) is 2.79. The second-order valence-electron chi connectivity index (χ2n) is 6.86. The van der Waals surface area contributed by atoms with Crippen molar-refractivity contribution < 1.29 is 33.2 Å². The standard InChI is InChI=1S/C23H27NO7S/c1-16(25)17-2-4-19-21(14-17)30-12-8-26-7-11-29-20-5-3-18(23(24)32)15-22(20)31-13-9-27-6-10-28-19/h2-5,14-15H,6-13H2,1H3,(H2,24,32). The van der Waals surface area contributed by atoms with Crippen LogP contribution in [0.25, 0.3) is 0 Å². The minimum absolute atomic E-state index is 0.0479. The molecule has 9 heteroatoms. The van der Waals surface area contributed by atoms with Crippen LogP contribution in [-0.4, -0.2) is 63.6 Å². The van der Waals surface area contributed by atoms with Crippen LogP contribution in [0, 0.1) is 0 Å². The minimum atomic E-state index is -0.0479. The van der Waals surface area contributed by atoms with E-state index in [1.54, 1.807) is 36.4 Å². The molecule has 2 aromatic carbocycles. The highest BCUT2D eigenvalue weighted by Crippen LogP contribution is 2.30. The zero-order chi connectivity index (χ0) is 22.8. The van der Waals surface area contributed by atoms with Gasteiger partial charge in [-0.15, -0.1) is 0 Å². The van der Waals surface area contributed by atoms with E-state index < -0.39 is 0 Å². The van der Waals surface area contributed by atoms with Gasteiger partial charge in [0, 0.05) is 11.1 Å². The van der Waals surface area contributed by atoms with Crippen molar-refractivity contribution in [2.24, 2.45) is 5.73 Å². The third kappa shape index (κ3) is 7.08. The second-order valence-corrected chi connectivity index (χ2v) is 7.30. The smallest absolute Gasteiger partial charge is 0.162 e. The second kappa shape index (κ2) is 12.2. The van der Waals surface area contributed by atoms with Crippen LogP contribution in [0.15, 0.2) is 36.4 Å². The number of benzene rings is 2. The maximum Gasteiger partial charge on any atom is 0.162 e. The molecule has 8 nitrogen and oxygen atoms in total. The Morgan fingerprint density at radius 3 is 1.53 bits per heavy atom. The molecule has 0 aromatic heterocycles. The number of ether oxygens (including phenoxy) is 6. The summed E-state index contributed by atoms with van der Waals surface area (Å²) >= 11 is 5.04. The molecule has 0 aliphatic carbocycles. The number of hydrogen-bond donors (Lipinski definition) is 1. The molecule has 172 valence electrons. The molecule has 0 amide bonds. The van der Waals surface area contributed by atoms with E-state index in [0.717, 1.165) is 0 Å². The van der Waals surface area contributed by atoms with Gasteiger partial charge in [-0.2, -0.15) is 0 Å². The van der Waals surface area contributed by atoms with E-state index in [-0.39, 0.29) is 10.8 Å². The van der Waals surface area contributed by atoms with E-state index in [2.05, 4.69) is 0 Å². The van der Waals surface area contributed by atoms with Gasteiger partial charge in [-0.25, -0.2) is 0 Å². The number of hydrogen-bond acceptors (Lipinski definition) is 8. The Balaban J connectivity index is 1.64. The number of ketones is 1. The molecule has 32 heavy (non-hydrogen) atoms. The minimum Gasteiger partial charge on any atom is -0.487 e. The number of nitrogens with two attached hydrogens (primary N) is 1. The van der Waals surface area contributed by atoms with E-state index in [4.69, 9.17) is 46.4 Å². The highest BCUT2D eigenvalue weighted by molar-refractivity contribution is 7.80. The highest BCUT2D eigenvalue weighted by Gasteiger charge is 2.11. The monoisotopic (exact) mass is 461 g/mol. The number of Topliss-reactive ketones (excluding diaryl/α,β-unsaturated/α-hetero) is 1. The number of fused-ring (bicyclic) bond motifs is 2. The molecule has 0 radical (unpaired) electrons. The Morgan fingerprint density at radius 1 is 0.688 bits per heavy atom. The van der Waals surface area contributed by atoms with Gasteiger partial charge < -0.3 is 34.2 Å². The van der Waals surface area contributed by atoms with Crippen molar-refractivity contribution in [3.63, 3.8) is 0 Å². The summed E-state index contributed by atoms with van der Waals surface area (Å²) in [5.41, 5.74) is 6.96. The zero-order valence-corrected chi connectivity index (χ0v) is 18.8. The molecule has 1 aliphatic rings. The molecule has 1 aliphatic heterocycles. The molecular formula is C23H27NO7S. The lowest BCUT2D eigenvalue weighted by atomic mass is 10.1. The zero-order valence-electron chi connectivity index (χ0n) is 18.0. The molecule has 0 unspecified atom stereocenters. The van der Waals surface area contributed by atoms with Crippen LogP contribution >= 0.6 is 12.2 Å². The van der Waals surface area contributed by atoms with Crippen molar-refractivity contribution in [2.45, 2.75) is 6.92 Å². The summed E-state index contributed by atoms with van der Waals surface area (Å²) in [5.74, 6) is 2.09. The number of rotatable bonds is 2. The van der Waals surface area contributed by atoms with Crippen molar-refractivity contribution >= 4 is 23.0 Å². The Bertz CT molecular complexity index is 859. The average molecular weight is 462 g/mol. The third-order valence-corrected chi connectivity index (χ3v) is 4.76. The van der Waals surface area contributed by atoms with Crippen molar-refractivity contribution in [2.75, 3.05) is 52.9 Å². The van der Waals surface area contributed by atoms with Gasteiger partial charge in [-0.3, -0.25) is 4.79 Å². The van der Waals surface area contributed by atoms with Crippen molar-refractivity contribution in [1.82, 2.24) is 0 Å². The number of carbonyl (C=O) groups is 1. The van der Waals surface area contributed by atoms with E-state index in [1.165, 1.54) is 6.92 Å². The first-order chi connectivity index (χ1) is 15.5. The molecule has 0 saturated heterocycles. The first kappa shape index (κ1) is 23.8. The van der Waals surface area contributed by atoms with Gasteiger partial charge in [0.2, 0.25) is 0 Å². The van der Waals surface area contributed by atoms with Crippen molar-refractivity contribution in [1.29, 1.82) is 0 Å². The highest BCUT2D eigenvalue weighted by atomic mass is 32.1. The van der Waals surface area contributed by atoms with Gasteiger partial charge in [-0.05, 0) is 43.3 Å². The van der Waals surface area contributed by atoms with Gasteiger partial charge in [-0.1, -0.05) is 12.2 Å². The average Bonchev–Trinajstić information content (AvgIpc) is 2.78. The normalized spacial score (nSPS) is 15.8. The summed E-state index contributed by atoms with van der Waals surface area (Å²) in [4.78, 5) is 12.0. The molecule has 0 atom stereocenters. The van der Waals surface area contributed by atoms with Gasteiger partial charge in [0.05, 0.1) is 26.4 Å². The van der Waals surface area contributed by atoms with Crippen LogP contribution in [0.5, 0.6) is 23.0 Å².